The molecule has 0 aromatic heterocycles. The predicted octanol–water partition coefficient (Wildman–Crippen LogP) is 6.22. The van der Waals surface area contributed by atoms with Crippen LogP contribution in [0.4, 0.5) is 26.3 Å². The number of ether oxygens (including phenoxy) is 1. The normalized spacial score (nSPS) is 16.9. The average molecular weight is 432 g/mol. The van der Waals surface area contributed by atoms with Crippen molar-refractivity contribution in [2.45, 2.75) is 49.9 Å². The second-order valence-electron chi connectivity index (χ2n) is 7.30. The van der Waals surface area contributed by atoms with Gasteiger partial charge in [0.05, 0.1) is 11.1 Å². The van der Waals surface area contributed by atoms with Crippen molar-refractivity contribution in [3.05, 3.63) is 58.7 Å². The first kappa shape index (κ1) is 22.0. The number of benzene rings is 2. The molecule has 9 heteroatoms. The lowest BCUT2D eigenvalue weighted by Gasteiger charge is -2.39. The molecule has 2 aromatic rings. The number of phenols is 1. The number of halogens is 6. The minimum atomic E-state index is -4.82. The van der Waals surface area contributed by atoms with Crippen molar-refractivity contribution in [2.75, 3.05) is 0 Å². The largest absolute Gasteiger partial charge is 0.507 e. The maximum Gasteiger partial charge on any atom is 0.419 e. The molecule has 1 fully saturated rings. The monoisotopic (exact) mass is 432 g/mol. The molecule has 0 unspecified atom stereocenters. The van der Waals surface area contributed by atoms with Gasteiger partial charge in [-0.2, -0.15) is 26.3 Å². The van der Waals surface area contributed by atoms with E-state index in [1.165, 1.54) is 12.1 Å². The van der Waals surface area contributed by atoms with Crippen molar-refractivity contribution < 1.29 is 41.0 Å². The zero-order chi connectivity index (χ0) is 22.2. The Labute approximate surface area is 168 Å². The minimum absolute atomic E-state index is 0.115. The van der Waals surface area contributed by atoms with E-state index in [2.05, 4.69) is 4.74 Å². The van der Waals surface area contributed by atoms with Gasteiger partial charge in [0.1, 0.15) is 11.5 Å². The second-order valence-corrected chi connectivity index (χ2v) is 7.30. The molecule has 0 aliphatic heterocycles. The Morgan fingerprint density at radius 1 is 0.833 bits per heavy atom. The number of hydrogen-bond acceptors (Lipinski definition) is 3. The van der Waals surface area contributed by atoms with Crippen LogP contribution in [0, 0.1) is 0 Å². The van der Waals surface area contributed by atoms with Crippen molar-refractivity contribution in [3.63, 3.8) is 0 Å². The van der Waals surface area contributed by atoms with Crippen LogP contribution in [-0.2, 0) is 22.6 Å². The quantitative estimate of drug-likeness (QED) is 0.461. The van der Waals surface area contributed by atoms with Gasteiger partial charge in [0.15, 0.2) is 0 Å². The molecule has 30 heavy (non-hydrogen) atoms. The van der Waals surface area contributed by atoms with E-state index in [1.54, 1.807) is 0 Å². The topological polar surface area (TPSA) is 46.5 Å². The van der Waals surface area contributed by atoms with Gasteiger partial charge in [-0.1, -0.05) is 31.4 Å². The lowest BCUT2D eigenvalue weighted by atomic mass is 9.65. The molecule has 1 saturated carbocycles. The van der Waals surface area contributed by atoms with Crippen molar-refractivity contribution in [1.29, 1.82) is 0 Å². The van der Waals surface area contributed by atoms with Crippen LogP contribution >= 0.6 is 0 Å². The van der Waals surface area contributed by atoms with Crippen molar-refractivity contribution >= 4 is 6.47 Å². The highest BCUT2D eigenvalue weighted by Crippen LogP contribution is 2.49. The van der Waals surface area contributed by atoms with E-state index in [0.717, 1.165) is 30.7 Å². The Bertz CT molecular complexity index is 927. The number of hydrogen-bond donors (Lipinski definition) is 1. The summed E-state index contributed by atoms with van der Waals surface area (Å²) in [4.78, 5) is 10.6. The molecule has 0 saturated heterocycles. The molecule has 1 aliphatic carbocycles. The van der Waals surface area contributed by atoms with Crippen LogP contribution in [-0.4, -0.2) is 11.6 Å². The van der Waals surface area contributed by atoms with E-state index >= 15 is 0 Å². The smallest absolute Gasteiger partial charge is 0.419 e. The maximum absolute atomic E-state index is 13.5. The molecule has 1 aliphatic rings. The van der Waals surface area contributed by atoms with Gasteiger partial charge >= 0.3 is 12.4 Å². The summed E-state index contributed by atoms with van der Waals surface area (Å²) >= 11 is 0. The lowest BCUT2D eigenvalue weighted by Crippen LogP contribution is -2.31. The summed E-state index contributed by atoms with van der Waals surface area (Å²) in [7, 11) is 0. The Morgan fingerprint density at radius 2 is 1.37 bits per heavy atom. The molecule has 1 N–H and O–H groups in total. The van der Waals surface area contributed by atoms with E-state index in [-0.39, 0.29) is 17.6 Å². The summed E-state index contributed by atoms with van der Waals surface area (Å²) in [6, 6.07) is 6.24. The molecular weight excluding hydrogens is 414 g/mol. The molecule has 0 heterocycles. The summed E-state index contributed by atoms with van der Waals surface area (Å²) in [5, 5.41) is 9.65. The first-order valence-corrected chi connectivity index (χ1v) is 9.22. The van der Waals surface area contributed by atoms with Crippen LogP contribution in [0.3, 0.4) is 0 Å². The summed E-state index contributed by atoms with van der Waals surface area (Å²) in [6.07, 6.45) is -6.89. The van der Waals surface area contributed by atoms with E-state index in [0.29, 0.717) is 25.7 Å². The second kappa shape index (κ2) is 7.85. The zero-order valence-electron chi connectivity index (χ0n) is 15.6. The van der Waals surface area contributed by atoms with Gasteiger partial charge < -0.3 is 9.84 Å². The highest BCUT2D eigenvalue weighted by atomic mass is 19.4. The van der Waals surface area contributed by atoms with E-state index in [1.807, 2.05) is 0 Å². The third kappa shape index (κ3) is 4.11. The SMILES string of the molecule is O=COc1ccc(C2(c3ccc(O)c(C(F)(F)F)c3)CCCCC2)cc1C(F)(F)F. The van der Waals surface area contributed by atoms with Crippen molar-refractivity contribution in [1.82, 2.24) is 0 Å². The van der Waals surface area contributed by atoms with Gasteiger partial charge in [-0.25, -0.2) is 0 Å². The van der Waals surface area contributed by atoms with Gasteiger partial charge in [0.25, 0.3) is 6.47 Å². The number of rotatable bonds is 4. The fourth-order valence-corrected chi connectivity index (χ4v) is 4.16. The fourth-order valence-electron chi connectivity index (χ4n) is 4.16. The van der Waals surface area contributed by atoms with Crippen LogP contribution in [0.5, 0.6) is 11.5 Å². The van der Waals surface area contributed by atoms with Crippen molar-refractivity contribution in [3.8, 4) is 11.5 Å². The van der Waals surface area contributed by atoms with Gasteiger partial charge in [-0.05, 0) is 48.2 Å². The Morgan fingerprint density at radius 3 is 1.90 bits per heavy atom. The highest BCUT2D eigenvalue weighted by Gasteiger charge is 2.42. The molecule has 162 valence electrons. The molecular formula is C21H18F6O3. The number of carbonyl (C=O) groups excluding carboxylic acids is 1. The number of phenolic OH excluding ortho intramolecular Hbond substituents is 1. The Kier molecular flexibility index (Phi) is 5.75. The van der Waals surface area contributed by atoms with Crippen LogP contribution < -0.4 is 4.74 Å². The standard InChI is InChI=1S/C21H18F6O3/c22-20(23,24)15-10-13(4-6-17(15)29)19(8-2-1-3-9-19)14-5-7-18(30-12-28)16(11-14)21(25,26)27/h4-7,10-12,29H,1-3,8-9H2. The molecule has 0 spiro atoms. The summed E-state index contributed by atoms with van der Waals surface area (Å²) in [6.45, 7) is -0.115. The third-order valence-corrected chi connectivity index (χ3v) is 5.57. The van der Waals surface area contributed by atoms with Crippen molar-refractivity contribution in [2.24, 2.45) is 0 Å². The molecule has 2 aromatic carbocycles. The zero-order valence-corrected chi connectivity index (χ0v) is 15.6. The van der Waals surface area contributed by atoms with Crippen LogP contribution in [0.15, 0.2) is 36.4 Å². The van der Waals surface area contributed by atoms with E-state index < -0.39 is 40.4 Å². The van der Waals surface area contributed by atoms with Crippen LogP contribution in [0.1, 0.15) is 54.4 Å². The Balaban J connectivity index is 2.22. The average Bonchev–Trinajstić information content (AvgIpc) is 2.67. The lowest BCUT2D eigenvalue weighted by molar-refractivity contribution is -0.140. The molecule has 3 rings (SSSR count). The van der Waals surface area contributed by atoms with Crippen LogP contribution in [0.25, 0.3) is 0 Å². The van der Waals surface area contributed by atoms with Gasteiger partial charge in [0, 0.05) is 5.41 Å². The van der Waals surface area contributed by atoms with Crippen LogP contribution in [0.2, 0.25) is 0 Å². The first-order valence-electron chi connectivity index (χ1n) is 9.22. The molecule has 3 nitrogen and oxygen atoms in total. The predicted molar refractivity (Wildman–Crippen MR) is 95.1 cm³/mol. The summed E-state index contributed by atoms with van der Waals surface area (Å²) in [5.74, 6) is -1.61. The molecule has 0 atom stereocenters. The Hall–Kier alpha value is -2.71. The molecule has 0 amide bonds. The van der Waals surface area contributed by atoms with E-state index in [4.69, 9.17) is 0 Å². The number of alkyl halides is 6. The number of carbonyl (C=O) groups is 1. The van der Waals surface area contributed by atoms with Gasteiger partial charge in [0.2, 0.25) is 0 Å². The fraction of sp³-hybridized carbons (Fsp3) is 0.381. The first-order chi connectivity index (χ1) is 14.0. The summed E-state index contributed by atoms with van der Waals surface area (Å²) < 4.78 is 85.0. The third-order valence-electron chi connectivity index (χ3n) is 5.57. The number of aromatic hydroxyl groups is 1. The molecule has 0 bridgehead atoms. The highest BCUT2D eigenvalue weighted by molar-refractivity contribution is 5.53. The minimum Gasteiger partial charge on any atom is -0.507 e. The van der Waals surface area contributed by atoms with Gasteiger partial charge in [-0.15, -0.1) is 0 Å². The maximum atomic E-state index is 13.5. The van der Waals surface area contributed by atoms with Gasteiger partial charge in [-0.3, -0.25) is 4.79 Å². The summed E-state index contributed by atoms with van der Waals surface area (Å²) in [5.41, 5.74) is -3.13. The van der Waals surface area contributed by atoms with E-state index in [9.17, 15) is 36.2 Å². The molecule has 0 radical (unpaired) electrons.